The van der Waals surface area contributed by atoms with Crippen molar-refractivity contribution in [3.05, 3.63) is 0 Å². The molecule has 0 heterocycles. The quantitative estimate of drug-likeness (QED) is 0.526. The van der Waals surface area contributed by atoms with Crippen LogP contribution >= 0.6 is 0 Å². The summed E-state index contributed by atoms with van der Waals surface area (Å²) in [7, 11) is 0. The van der Waals surface area contributed by atoms with E-state index in [0.29, 0.717) is 6.04 Å². The minimum atomic E-state index is 0.559. The van der Waals surface area contributed by atoms with Gasteiger partial charge in [0.25, 0.3) is 0 Å². The fraction of sp³-hybridized carbons (Fsp3) is 1.00. The third-order valence-electron chi connectivity index (χ3n) is 5.48. The number of fused-ring (bicyclic) bond motifs is 2. The second kappa shape index (κ2) is 6.19. The van der Waals surface area contributed by atoms with Crippen LogP contribution in [-0.4, -0.2) is 6.04 Å². The minimum absolute atomic E-state index is 0.559. The van der Waals surface area contributed by atoms with Crippen LogP contribution < -0.4 is 11.3 Å². The summed E-state index contributed by atoms with van der Waals surface area (Å²) >= 11 is 0. The highest BCUT2D eigenvalue weighted by Crippen LogP contribution is 2.50. The van der Waals surface area contributed by atoms with Crippen molar-refractivity contribution in [1.82, 2.24) is 5.43 Å². The lowest BCUT2D eigenvalue weighted by atomic mass is 9.82. The van der Waals surface area contributed by atoms with Gasteiger partial charge < -0.3 is 0 Å². The van der Waals surface area contributed by atoms with Crippen molar-refractivity contribution in [2.45, 2.75) is 71.3 Å². The Morgan fingerprint density at radius 2 is 1.94 bits per heavy atom. The molecule has 4 unspecified atom stereocenters. The van der Waals surface area contributed by atoms with Crippen LogP contribution in [0.3, 0.4) is 0 Å². The molecule has 0 aliphatic heterocycles. The van der Waals surface area contributed by atoms with Crippen molar-refractivity contribution in [1.29, 1.82) is 0 Å². The van der Waals surface area contributed by atoms with Gasteiger partial charge in [0.05, 0.1) is 0 Å². The maximum Gasteiger partial charge on any atom is 0.0215 e. The predicted octanol–water partition coefficient (Wildman–Crippen LogP) is 3.47. The second-order valence-corrected chi connectivity index (χ2v) is 6.45. The lowest BCUT2D eigenvalue weighted by Gasteiger charge is -2.28. The largest absolute Gasteiger partial charge is 0.271 e. The van der Waals surface area contributed by atoms with E-state index < -0.39 is 0 Å². The maximum absolute atomic E-state index is 5.76. The number of nitrogens with one attached hydrogen (secondary N) is 1. The zero-order valence-corrected chi connectivity index (χ0v) is 11.6. The van der Waals surface area contributed by atoms with E-state index in [-0.39, 0.29) is 0 Å². The first-order valence-electron chi connectivity index (χ1n) is 7.72. The van der Waals surface area contributed by atoms with Crippen LogP contribution in [0.1, 0.15) is 65.2 Å². The van der Waals surface area contributed by atoms with Gasteiger partial charge in [-0.2, -0.15) is 0 Å². The van der Waals surface area contributed by atoms with Crippen molar-refractivity contribution in [2.24, 2.45) is 29.5 Å². The Morgan fingerprint density at radius 1 is 1.18 bits per heavy atom. The van der Waals surface area contributed by atoms with Crippen LogP contribution in [0.25, 0.3) is 0 Å². The van der Waals surface area contributed by atoms with Crippen molar-refractivity contribution in [2.75, 3.05) is 0 Å². The molecule has 2 rings (SSSR count). The van der Waals surface area contributed by atoms with Crippen LogP contribution in [0.5, 0.6) is 0 Å². The van der Waals surface area contributed by atoms with Crippen molar-refractivity contribution >= 4 is 0 Å². The first-order chi connectivity index (χ1) is 8.26. The Bertz CT molecular complexity index is 225. The number of rotatable bonds is 7. The van der Waals surface area contributed by atoms with Crippen LogP contribution in [0.4, 0.5) is 0 Å². The highest BCUT2D eigenvalue weighted by atomic mass is 15.2. The highest BCUT2D eigenvalue weighted by Gasteiger charge is 2.40. The predicted molar refractivity (Wildman–Crippen MR) is 73.4 cm³/mol. The topological polar surface area (TPSA) is 38.0 Å². The Kier molecular flexibility index (Phi) is 4.87. The van der Waals surface area contributed by atoms with Gasteiger partial charge >= 0.3 is 0 Å². The third-order valence-corrected chi connectivity index (χ3v) is 5.48. The molecule has 2 bridgehead atoms. The van der Waals surface area contributed by atoms with E-state index in [0.717, 1.165) is 23.7 Å². The lowest BCUT2D eigenvalue weighted by molar-refractivity contribution is 0.252. The Labute approximate surface area is 107 Å². The molecule has 2 nitrogen and oxygen atoms in total. The summed E-state index contributed by atoms with van der Waals surface area (Å²) in [6.07, 6.45) is 11.2. The van der Waals surface area contributed by atoms with Crippen molar-refractivity contribution < 1.29 is 0 Å². The van der Waals surface area contributed by atoms with Gasteiger partial charge in [-0.15, -0.1) is 0 Å². The monoisotopic (exact) mass is 238 g/mol. The second-order valence-electron chi connectivity index (χ2n) is 6.45. The number of nitrogens with two attached hydrogens (primary N) is 1. The van der Waals surface area contributed by atoms with Gasteiger partial charge in [0.2, 0.25) is 0 Å². The molecule has 2 heteroatoms. The molecule has 2 saturated carbocycles. The summed E-state index contributed by atoms with van der Waals surface area (Å²) in [4.78, 5) is 0. The van der Waals surface area contributed by atoms with Gasteiger partial charge in [0.1, 0.15) is 0 Å². The SMILES string of the molecule is CCC(CC)CC(CC1CC2CCC1C2)NN. The van der Waals surface area contributed by atoms with E-state index in [1.807, 2.05) is 0 Å². The van der Waals surface area contributed by atoms with Crippen molar-refractivity contribution in [3.63, 3.8) is 0 Å². The Hall–Kier alpha value is -0.0800. The first-order valence-corrected chi connectivity index (χ1v) is 7.72. The molecule has 0 saturated heterocycles. The summed E-state index contributed by atoms with van der Waals surface area (Å²) in [5, 5.41) is 0. The summed E-state index contributed by atoms with van der Waals surface area (Å²) < 4.78 is 0. The van der Waals surface area contributed by atoms with E-state index in [2.05, 4.69) is 19.3 Å². The van der Waals surface area contributed by atoms with Crippen molar-refractivity contribution in [3.8, 4) is 0 Å². The zero-order valence-electron chi connectivity index (χ0n) is 11.6. The molecule has 0 amide bonds. The molecule has 0 spiro atoms. The Balaban J connectivity index is 1.79. The normalized spacial score (nSPS) is 33.5. The van der Waals surface area contributed by atoms with Crippen LogP contribution in [0.2, 0.25) is 0 Å². The van der Waals surface area contributed by atoms with E-state index in [9.17, 15) is 0 Å². The van der Waals surface area contributed by atoms with Gasteiger partial charge in [-0.25, -0.2) is 0 Å². The molecular weight excluding hydrogens is 208 g/mol. The minimum Gasteiger partial charge on any atom is -0.271 e. The standard InChI is InChI=1S/C15H30N2/c1-3-11(4-2)9-15(17-16)10-14-8-12-5-6-13(14)7-12/h11-15,17H,3-10,16H2,1-2H3. The van der Waals surface area contributed by atoms with Gasteiger partial charge in [0.15, 0.2) is 0 Å². The highest BCUT2D eigenvalue weighted by molar-refractivity contribution is 4.91. The third kappa shape index (κ3) is 3.23. The molecule has 4 atom stereocenters. The molecule has 2 fully saturated rings. The molecule has 0 aromatic rings. The molecule has 2 aliphatic carbocycles. The molecule has 0 aromatic carbocycles. The summed E-state index contributed by atoms with van der Waals surface area (Å²) in [6.45, 7) is 4.61. The van der Waals surface area contributed by atoms with Crippen LogP contribution in [-0.2, 0) is 0 Å². The number of hydrogen-bond acceptors (Lipinski definition) is 2. The van der Waals surface area contributed by atoms with Crippen LogP contribution in [0.15, 0.2) is 0 Å². The summed E-state index contributed by atoms with van der Waals surface area (Å²) in [5.74, 6) is 9.69. The van der Waals surface area contributed by atoms with Gasteiger partial charge in [-0.1, -0.05) is 33.1 Å². The smallest absolute Gasteiger partial charge is 0.0215 e. The van der Waals surface area contributed by atoms with E-state index in [1.54, 1.807) is 0 Å². The van der Waals surface area contributed by atoms with E-state index in [1.165, 1.54) is 51.4 Å². The molecule has 0 aromatic heterocycles. The van der Waals surface area contributed by atoms with Gasteiger partial charge in [-0.3, -0.25) is 11.3 Å². The molecular formula is C15H30N2. The average molecular weight is 238 g/mol. The Morgan fingerprint density at radius 3 is 2.41 bits per heavy atom. The number of hydrogen-bond donors (Lipinski definition) is 2. The van der Waals surface area contributed by atoms with Crippen LogP contribution in [0, 0.1) is 23.7 Å². The summed E-state index contributed by atoms with van der Waals surface area (Å²) in [5.41, 5.74) is 3.09. The van der Waals surface area contributed by atoms with Gasteiger partial charge in [0, 0.05) is 6.04 Å². The zero-order chi connectivity index (χ0) is 12.3. The fourth-order valence-electron chi connectivity index (χ4n) is 4.29. The first kappa shape index (κ1) is 13.4. The molecule has 2 aliphatic rings. The summed E-state index contributed by atoms with van der Waals surface area (Å²) in [6, 6.07) is 0.559. The fourth-order valence-corrected chi connectivity index (χ4v) is 4.29. The van der Waals surface area contributed by atoms with Gasteiger partial charge in [-0.05, 0) is 55.8 Å². The average Bonchev–Trinajstić information content (AvgIpc) is 2.96. The lowest BCUT2D eigenvalue weighted by Crippen LogP contribution is -2.38. The molecule has 3 N–H and O–H groups in total. The molecule has 100 valence electrons. The molecule has 17 heavy (non-hydrogen) atoms. The van der Waals surface area contributed by atoms with E-state index in [4.69, 9.17) is 5.84 Å². The maximum atomic E-state index is 5.76. The van der Waals surface area contributed by atoms with E-state index >= 15 is 0 Å². The number of hydrazine groups is 1. The molecule has 0 radical (unpaired) electrons.